The minimum atomic E-state index is -0.606. The van der Waals surface area contributed by atoms with Gasteiger partial charge in [-0.3, -0.25) is 9.69 Å². The summed E-state index contributed by atoms with van der Waals surface area (Å²) in [6.07, 6.45) is 3.80. The average molecular weight is 344 g/mol. The normalized spacial score (nSPS) is 24.9. The zero-order valence-electron chi connectivity index (χ0n) is 13.3. The number of aliphatic hydroxyl groups is 1. The Morgan fingerprint density at radius 1 is 1.42 bits per heavy atom. The Morgan fingerprint density at radius 3 is 3.17 bits per heavy atom. The van der Waals surface area contributed by atoms with Crippen molar-refractivity contribution in [1.29, 1.82) is 0 Å². The van der Waals surface area contributed by atoms with Crippen molar-refractivity contribution in [2.75, 3.05) is 19.6 Å². The van der Waals surface area contributed by atoms with Crippen LogP contribution >= 0.6 is 11.3 Å². The second-order valence-corrected chi connectivity index (χ2v) is 7.45. The highest BCUT2D eigenvalue weighted by Gasteiger charge is 2.34. The van der Waals surface area contributed by atoms with E-state index in [2.05, 4.69) is 20.9 Å². The molecule has 2 aromatic heterocycles. The number of nitrogens with zero attached hydrogens (tertiary/aromatic N) is 4. The summed E-state index contributed by atoms with van der Waals surface area (Å²) >= 11 is 1.45. The number of hydrogen-bond acceptors (Lipinski definition) is 6. The van der Waals surface area contributed by atoms with Gasteiger partial charge in [0, 0.05) is 61.6 Å². The molecule has 1 fully saturated rings. The molecule has 3 unspecified atom stereocenters. The molecule has 24 heavy (non-hydrogen) atoms. The van der Waals surface area contributed by atoms with Gasteiger partial charge in [-0.05, 0) is 18.4 Å². The summed E-state index contributed by atoms with van der Waals surface area (Å²) in [4.78, 5) is 22.6. The number of aliphatic imine (C=N–C) groups is 1. The van der Waals surface area contributed by atoms with E-state index in [1.807, 2.05) is 16.0 Å². The molecule has 2 bridgehead atoms. The molecule has 4 heterocycles. The van der Waals surface area contributed by atoms with Gasteiger partial charge in [0.25, 0.3) is 5.56 Å². The zero-order chi connectivity index (χ0) is 16.5. The van der Waals surface area contributed by atoms with Crippen molar-refractivity contribution >= 4 is 22.7 Å². The van der Waals surface area contributed by atoms with E-state index in [0.29, 0.717) is 23.5 Å². The first kappa shape index (κ1) is 15.7. The summed E-state index contributed by atoms with van der Waals surface area (Å²) in [5, 5.41) is 12.8. The highest BCUT2D eigenvalue weighted by atomic mass is 32.1. The molecule has 0 saturated carbocycles. The smallest absolute Gasteiger partial charge is 0.250 e. The van der Waals surface area contributed by atoms with Gasteiger partial charge in [0.05, 0.1) is 0 Å². The van der Waals surface area contributed by atoms with Crippen molar-refractivity contribution in [2.24, 2.45) is 10.9 Å². The SMILES string of the molecule is O=c1cccc2n1CC1CC2CN(CC(O)/C=N/c2nccs2)C1. The predicted molar refractivity (Wildman–Crippen MR) is 94.3 cm³/mol. The molecule has 2 aromatic rings. The van der Waals surface area contributed by atoms with Crippen LogP contribution in [0.2, 0.25) is 0 Å². The lowest BCUT2D eigenvalue weighted by Crippen LogP contribution is -2.49. The molecule has 2 aliphatic rings. The second kappa shape index (κ2) is 6.58. The van der Waals surface area contributed by atoms with Gasteiger partial charge in [-0.15, -0.1) is 11.3 Å². The number of piperidine rings is 1. The van der Waals surface area contributed by atoms with Crippen LogP contribution in [-0.4, -0.2) is 51.5 Å². The van der Waals surface area contributed by atoms with Gasteiger partial charge in [0.15, 0.2) is 0 Å². The lowest BCUT2D eigenvalue weighted by molar-refractivity contribution is 0.0868. The van der Waals surface area contributed by atoms with Crippen molar-refractivity contribution < 1.29 is 5.11 Å². The van der Waals surface area contributed by atoms with Crippen LogP contribution in [-0.2, 0) is 6.54 Å². The first-order valence-electron chi connectivity index (χ1n) is 8.23. The van der Waals surface area contributed by atoms with E-state index in [4.69, 9.17) is 0 Å². The quantitative estimate of drug-likeness (QED) is 0.853. The summed E-state index contributed by atoms with van der Waals surface area (Å²) < 4.78 is 1.93. The molecular weight excluding hydrogens is 324 g/mol. The summed E-state index contributed by atoms with van der Waals surface area (Å²) in [5.74, 6) is 0.842. The lowest BCUT2D eigenvalue weighted by Gasteiger charge is -2.43. The summed E-state index contributed by atoms with van der Waals surface area (Å²) in [7, 11) is 0. The Balaban J connectivity index is 1.43. The number of pyridine rings is 1. The Hall–Kier alpha value is -1.83. The minimum Gasteiger partial charge on any atom is -0.386 e. The topological polar surface area (TPSA) is 70.7 Å². The fourth-order valence-electron chi connectivity index (χ4n) is 3.89. The van der Waals surface area contributed by atoms with Gasteiger partial charge in [-0.1, -0.05) is 6.07 Å². The summed E-state index contributed by atoms with van der Waals surface area (Å²) in [6, 6.07) is 5.55. The van der Waals surface area contributed by atoms with Crippen molar-refractivity contribution in [1.82, 2.24) is 14.5 Å². The number of aromatic nitrogens is 2. The largest absolute Gasteiger partial charge is 0.386 e. The Bertz CT molecular complexity index is 786. The van der Waals surface area contributed by atoms with Crippen LogP contribution in [0.25, 0.3) is 0 Å². The van der Waals surface area contributed by atoms with Crippen LogP contribution in [0.4, 0.5) is 5.13 Å². The van der Waals surface area contributed by atoms with Gasteiger partial charge in [-0.25, -0.2) is 9.98 Å². The van der Waals surface area contributed by atoms with Gasteiger partial charge < -0.3 is 9.67 Å². The number of β-amino-alcohol motifs (C(OH)–C–C–N with tert-alkyl or cyclic N) is 1. The molecule has 4 rings (SSSR count). The monoisotopic (exact) mass is 344 g/mol. The van der Waals surface area contributed by atoms with E-state index in [-0.39, 0.29) is 5.56 Å². The van der Waals surface area contributed by atoms with Crippen LogP contribution in [0.15, 0.2) is 39.6 Å². The lowest BCUT2D eigenvalue weighted by atomic mass is 9.83. The molecule has 3 atom stereocenters. The number of hydrogen-bond donors (Lipinski definition) is 1. The van der Waals surface area contributed by atoms with Crippen molar-refractivity contribution in [3.05, 3.63) is 45.8 Å². The van der Waals surface area contributed by atoms with E-state index in [9.17, 15) is 9.90 Å². The summed E-state index contributed by atoms with van der Waals surface area (Å²) in [5.41, 5.74) is 1.24. The van der Waals surface area contributed by atoms with Crippen LogP contribution < -0.4 is 5.56 Å². The van der Waals surface area contributed by atoms with E-state index in [1.54, 1.807) is 18.5 Å². The number of thiazole rings is 1. The molecule has 0 amide bonds. The van der Waals surface area contributed by atoms with Crippen molar-refractivity contribution in [2.45, 2.75) is 25.0 Å². The third kappa shape index (κ3) is 3.19. The third-order valence-electron chi connectivity index (χ3n) is 4.78. The van der Waals surface area contributed by atoms with Gasteiger partial charge >= 0.3 is 0 Å². The van der Waals surface area contributed by atoms with E-state index < -0.39 is 6.10 Å². The summed E-state index contributed by atoms with van der Waals surface area (Å²) in [6.45, 7) is 3.14. The van der Waals surface area contributed by atoms with Crippen LogP contribution in [0.5, 0.6) is 0 Å². The van der Waals surface area contributed by atoms with E-state index in [1.165, 1.54) is 11.3 Å². The first-order chi connectivity index (χ1) is 11.7. The van der Waals surface area contributed by atoms with Crippen molar-refractivity contribution in [3.8, 4) is 0 Å². The molecule has 2 aliphatic heterocycles. The Labute approximate surface area is 144 Å². The second-order valence-electron chi connectivity index (χ2n) is 6.58. The third-order valence-corrected chi connectivity index (χ3v) is 5.46. The van der Waals surface area contributed by atoms with Crippen molar-refractivity contribution in [3.63, 3.8) is 0 Å². The molecule has 126 valence electrons. The molecule has 0 spiro atoms. The number of aliphatic hydroxyl groups excluding tert-OH is 1. The fraction of sp³-hybridized carbons (Fsp3) is 0.471. The minimum absolute atomic E-state index is 0.103. The Morgan fingerprint density at radius 2 is 2.33 bits per heavy atom. The highest BCUT2D eigenvalue weighted by Crippen LogP contribution is 2.34. The first-order valence-corrected chi connectivity index (χ1v) is 9.11. The van der Waals surface area contributed by atoms with Crippen LogP contribution in [0.3, 0.4) is 0 Å². The molecule has 0 aromatic carbocycles. The molecular formula is C17H20N4O2S. The molecule has 0 radical (unpaired) electrons. The average Bonchev–Trinajstić information content (AvgIpc) is 3.07. The fourth-order valence-corrected chi connectivity index (χ4v) is 4.37. The number of rotatable bonds is 4. The number of fused-ring (bicyclic) bond motifs is 4. The van der Waals surface area contributed by atoms with Crippen LogP contribution in [0, 0.1) is 5.92 Å². The van der Waals surface area contributed by atoms with Gasteiger partial charge in [-0.2, -0.15) is 0 Å². The maximum absolute atomic E-state index is 12.0. The zero-order valence-corrected chi connectivity index (χ0v) is 14.1. The Kier molecular flexibility index (Phi) is 4.30. The van der Waals surface area contributed by atoms with Gasteiger partial charge in [0.1, 0.15) is 6.10 Å². The standard InChI is InChI=1S/C17H20N4O2S/c22-14(7-19-17-18-4-5-24-17)11-20-8-12-6-13(10-20)15-2-1-3-16(23)21(15)9-12/h1-5,7,12-14,22H,6,8-11H2/b19-7+. The number of likely N-dealkylation sites (tertiary alicyclic amines) is 1. The maximum Gasteiger partial charge on any atom is 0.250 e. The van der Waals surface area contributed by atoms with Gasteiger partial charge in [0.2, 0.25) is 5.13 Å². The maximum atomic E-state index is 12.0. The van der Waals surface area contributed by atoms with E-state index >= 15 is 0 Å². The van der Waals surface area contributed by atoms with E-state index in [0.717, 1.165) is 31.7 Å². The molecule has 0 aliphatic carbocycles. The highest BCUT2D eigenvalue weighted by molar-refractivity contribution is 7.13. The van der Waals surface area contributed by atoms with Crippen LogP contribution in [0.1, 0.15) is 18.0 Å². The molecule has 6 nitrogen and oxygen atoms in total. The predicted octanol–water partition coefficient (Wildman–Crippen LogP) is 1.49. The molecule has 1 N–H and O–H groups in total. The molecule has 7 heteroatoms. The molecule has 1 saturated heterocycles.